The number of rotatable bonds is 9. The van der Waals surface area contributed by atoms with Gasteiger partial charge >= 0.3 is 0 Å². The number of aromatic amines is 1. The number of nitrogens with one attached hydrogen (secondary N) is 2. The fraction of sp³-hybridized carbons (Fsp3) is 0.259. The van der Waals surface area contributed by atoms with Gasteiger partial charge in [-0.1, -0.05) is 48.0 Å². The van der Waals surface area contributed by atoms with Gasteiger partial charge in [-0.15, -0.1) is 0 Å². The molecule has 0 fully saturated rings. The average Bonchev–Trinajstić information content (AvgIpc) is 3.26. The van der Waals surface area contributed by atoms with Crippen molar-refractivity contribution in [1.29, 1.82) is 0 Å². The van der Waals surface area contributed by atoms with Gasteiger partial charge in [0.05, 0.1) is 11.0 Å². The average molecular weight is 462 g/mol. The number of amides is 1. The standard InChI is InChI=1S/C27H28ClN3O2/c1-18-20(8-9-21(27(32)29-2)16-19-6-4-3-5-7-19)10-15-24-26(18)31-25(30-24)17-33-23-13-11-22(28)12-14-23/h3-7,10-15,21H,8-9,16-17H2,1-2H3,(H,29,32)(H,30,31). The maximum atomic E-state index is 12.5. The molecule has 1 heterocycles. The van der Waals surface area contributed by atoms with Crippen LogP contribution < -0.4 is 10.1 Å². The number of benzene rings is 3. The van der Waals surface area contributed by atoms with Crippen LogP contribution in [0, 0.1) is 12.8 Å². The van der Waals surface area contributed by atoms with Crippen molar-refractivity contribution < 1.29 is 9.53 Å². The third kappa shape index (κ3) is 5.74. The van der Waals surface area contributed by atoms with E-state index in [9.17, 15) is 4.79 Å². The highest BCUT2D eigenvalue weighted by atomic mass is 35.5. The SMILES string of the molecule is CNC(=O)C(CCc1ccc2[nH]c(COc3ccc(Cl)cc3)nc2c1C)Cc1ccccc1. The molecule has 0 saturated carbocycles. The molecule has 0 aliphatic carbocycles. The molecule has 1 unspecified atom stereocenters. The molecule has 0 bridgehead atoms. The van der Waals surface area contributed by atoms with Crippen molar-refractivity contribution in [2.24, 2.45) is 5.92 Å². The zero-order valence-electron chi connectivity index (χ0n) is 18.9. The third-order valence-electron chi connectivity index (χ3n) is 5.96. The molecule has 0 spiro atoms. The van der Waals surface area contributed by atoms with Crippen molar-refractivity contribution in [2.75, 3.05) is 7.05 Å². The van der Waals surface area contributed by atoms with Gasteiger partial charge in [-0.25, -0.2) is 4.98 Å². The summed E-state index contributed by atoms with van der Waals surface area (Å²) >= 11 is 5.93. The summed E-state index contributed by atoms with van der Waals surface area (Å²) < 4.78 is 5.82. The fourth-order valence-corrected chi connectivity index (χ4v) is 4.21. The maximum Gasteiger partial charge on any atom is 0.223 e. The van der Waals surface area contributed by atoms with E-state index in [1.807, 2.05) is 30.3 Å². The minimum atomic E-state index is -0.0741. The summed E-state index contributed by atoms with van der Waals surface area (Å²) in [5.41, 5.74) is 5.45. The highest BCUT2D eigenvalue weighted by Gasteiger charge is 2.19. The lowest BCUT2D eigenvalue weighted by molar-refractivity contribution is -0.124. The number of nitrogens with zero attached hydrogens (tertiary/aromatic N) is 1. The van der Waals surface area contributed by atoms with Gasteiger partial charge in [0.2, 0.25) is 5.91 Å². The van der Waals surface area contributed by atoms with E-state index < -0.39 is 0 Å². The molecule has 2 N–H and O–H groups in total. The summed E-state index contributed by atoms with van der Waals surface area (Å²) in [5.74, 6) is 1.53. The summed E-state index contributed by atoms with van der Waals surface area (Å²) in [6, 6.07) is 21.6. The smallest absolute Gasteiger partial charge is 0.223 e. The Morgan fingerprint density at radius 2 is 1.85 bits per heavy atom. The van der Waals surface area contributed by atoms with Gasteiger partial charge < -0.3 is 15.0 Å². The molecule has 1 atom stereocenters. The molecule has 4 aromatic rings. The molecule has 170 valence electrons. The van der Waals surface area contributed by atoms with Crippen LogP contribution in [0.2, 0.25) is 5.02 Å². The Balaban J connectivity index is 1.45. The van der Waals surface area contributed by atoms with Crippen molar-refractivity contribution in [2.45, 2.75) is 32.8 Å². The van der Waals surface area contributed by atoms with E-state index in [1.54, 1.807) is 19.2 Å². The summed E-state index contributed by atoms with van der Waals surface area (Å²) in [7, 11) is 1.70. The highest BCUT2D eigenvalue weighted by Crippen LogP contribution is 2.24. The van der Waals surface area contributed by atoms with Crippen LogP contribution in [0.4, 0.5) is 0 Å². The summed E-state index contributed by atoms with van der Waals surface area (Å²) in [4.78, 5) is 20.6. The number of fused-ring (bicyclic) bond motifs is 1. The minimum absolute atomic E-state index is 0.0741. The van der Waals surface area contributed by atoms with E-state index in [-0.39, 0.29) is 11.8 Å². The molecule has 0 radical (unpaired) electrons. The Bertz CT molecular complexity index is 1220. The first-order valence-electron chi connectivity index (χ1n) is 11.1. The number of aromatic nitrogens is 2. The number of hydrogen-bond donors (Lipinski definition) is 2. The van der Waals surface area contributed by atoms with Crippen LogP contribution in [-0.2, 0) is 24.2 Å². The molecule has 0 aliphatic heterocycles. The van der Waals surface area contributed by atoms with E-state index in [1.165, 1.54) is 11.1 Å². The van der Waals surface area contributed by atoms with Gasteiger partial charge in [0.15, 0.2) is 0 Å². The van der Waals surface area contributed by atoms with Crippen molar-refractivity contribution in [3.05, 3.63) is 94.3 Å². The Morgan fingerprint density at radius 1 is 1.09 bits per heavy atom. The quantitative estimate of drug-likeness (QED) is 0.339. The first kappa shape index (κ1) is 22.9. The van der Waals surface area contributed by atoms with Crippen molar-refractivity contribution in [3.8, 4) is 5.75 Å². The van der Waals surface area contributed by atoms with Crippen LogP contribution in [0.15, 0.2) is 66.7 Å². The van der Waals surface area contributed by atoms with Crippen LogP contribution in [0.1, 0.15) is 28.9 Å². The lowest BCUT2D eigenvalue weighted by Crippen LogP contribution is -2.29. The number of aryl methyl sites for hydroxylation is 2. The Kier molecular flexibility index (Phi) is 7.30. The normalized spacial score (nSPS) is 12.0. The maximum absolute atomic E-state index is 12.5. The zero-order valence-corrected chi connectivity index (χ0v) is 19.7. The van der Waals surface area contributed by atoms with Gasteiger partial charge in [0, 0.05) is 18.0 Å². The molecular weight excluding hydrogens is 434 g/mol. The largest absolute Gasteiger partial charge is 0.486 e. The van der Waals surface area contributed by atoms with Crippen LogP contribution in [0.3, 0.4) is 0 Å². The van der Waals surface area contributed by atoms with Gasteiger partial charge in [0.1, 0.15) is 18.2 Å². The predicted octanol–water partition coefficient (Wildman–Crippen LogP) is 5.64. The Morgan fingerprint density at radius 3 is 2.58 bits per heavy atom. The Labute approximate surface area is 199 Å². The van der Waals surface area contributed by atoms with Crippen molar-refractivity contribution in [3.63, 3.8) is 0 Å². The Hall–Kier alpha value is -3.31. The zero-order chi connectivity index (χ0) is 23.2. The van der Waals surface area contributed by atoms with Crippen LogP contribution >= 0.6 is 11.6 Å². The van der Waals surface area contributed by atoms with Crippen molar-refractivity contribution in [1.82, 2.24) is 15.3 Å². The van der Waals surface area contributed by atoms with Crippen LogP contribution in [-0.4, -0.2) is 22.9 Å². The number of H-pyrrole nitrogens is 1. The highest BCUT2D eigenvalue weighted by molar-refractivity contribution is 6.30. The first-order valence-corrected chi connectivity index (χ1v) is 11.5. The lowest BCUT2D eigenvalue weighted by Gasteiger charge is -2.16. The molecule has 4 rings (SSSR count). The third-order valence-corrected chi connectivity index (χ3v) is 6.21. The van der Waals surface area contributed by atoms with Crippen LogP contribution in [0.5, 0.6) is 5.75 Å². The topological polar surface area (TPSA) is 67.0 Å². The van der Waals surface area contributed by atoms with Crippen LogP contribution in [0.25, 0.3) is 11.0 Å². The van der Waals surface area contributed by atoms with E-state index in [2.05, 4.69) is 41.5 Å². The molecule has 6 heteroatoms. The van der Waals surface area contributed by atoms with E-state index in [0.717, 1.165) is 47.4 Å². The molecule has 1 aromatic heterocycles. The number of halogens is 1. The lowest BCUT2D eigenvalue weighted by atomic mass is 9.91. The van der Waals surface area contributed by atoms with Gasteiger partial charge in [0.25, 0.3) is 0 Å². The fourth-order valence-electron chi connectivity index (χ4n) is 4.09. The molecular formula is C27H28ClN3O2. The van der Waals surface area contributed by atoms with E-state index in [4.69, 9.17) is 21.3 Å². The first-order chi connectivity index (χ1) is 16.0. The van der Waals surface area contributed by atoms with E-state index in [0.29, 0.717) is 11.6 Å². The number of carbonyl (C=O) groups excluding carboxylic acids is 1. The molecule has 1 amide bonds. The monoisotopic (exact) mass is 461 g/mol. The van der Waals surface area contributed by atoms with Gasteiger partial charge in [-0.2, -0.15) is 0 Å². The molecule has 33 heavy (non-hydrogen) atoms. The minimum Gasteiger partial charge on any atom is -0.486 e. The van der Waals surface area contributed by atoms with Crippen molar-refractivity contribution >= 4 is 28.5 Å². The molecule has 5 nitrogen and oxygen atoms in total. The second-order valence-electron chi connectivity index (χ2n) is 8.21. The predicted molar refractivity (Wildman–Crippen MR) is 133 cm³/mol. The number of imidazole rings is 1. The summed E-state index contributed by atoms with van der Waals surface area (Å²) in [6.45, 7) is 2.44. The second kappa shape index (κ2) is 10.5. The second-order valence-corrected chi connectivity index (χ2v) is 8.65. The molecule has 0 aliphatic rings. The number of hydrogen-bond acceptors (Lipinski definition) is 3. The molecule has 0 saturated heterocycles. The molecule has 3 aromatic carbocycles. The van der Waals surface area contributed by atoms with Gasteiger partial charge in [-0.3, -0.25) is 4.79 Å². The number of carbonyl (C=O) groups is 1. The number of ether oxygens (including phenoxy) is 1. The van der Waals surface area contributed by atoms with E-state index >= 15 is 0 Å². The van der Waals surface area contributed by atoms with Gasteiger partial charge in [-0.05, 0) is 73.2 Å². The summed E-state index contributed by atoms with van der Waals surface area (Å²) in [6.07, 6.45) is 2.32. The summed E-state index contributed by atoms with van der Waals surface area (Å²) in [5, 5.41) is 3.50.